The highest BCUT2D eigenvalue weighted by molar-refractivity contribution is 7.92. The van der Waals surface area contributed by atoms with Crippen molar-refractivity contribution in [2.45, 2.75) is 37.4 Å². The van der Waals surface area contributed by atoms with Gasteiger partial charge >= 0.3 is 0 Å². The van der Waals surface area contributed by atoms with Crippen molar-refractivity contribution in [1.82, 2.24) is 5.48 Å². The van der Waals surface area contributed by atoms with Crippen LogP contribution in [-0.4, -0.2) is 37.8 Å². The van der Waals surface area contributed by atoms with Gasteiger partial charge in [-0.05, 0) is 61.7 Å². The lowest BCUT2D eigenvalue weighted by Crippen LogP contribution is -2.43. The van der Waals surface area contributed by atoms with E-state index in [1.165, 1.54) is 11.3 Å². The Balaban J connectivity index is 1.51. The summed E-state index contributed by atoms with van der Waals surface area (Å²) >= 11 is 1.30. The largest absolute Gasteiger partial charge is 0.484 e. The molecule has 190 valence electrons. The first-order valence-electron chi connectivity index (χ1n) is 11.6. The number of thiophene rings is 1. The number of ether oxygens (including phenoxy) is 1. The summed E-state index contributed by atoms with van der Waals surface area (Å²) in [5, 5.41) is 11.9. The number of hydrogen-bond donors (Lipinski definition) is 3. The lowest BCUT2D eigenvalue weighted by Gasteiger charge is -2.35. The average molecular weight is 529 g/mol. The van der Waals surface area contributed by atoms with Crippen molar-refractivity contribution in [2.75, 3.05) is 17.7 Å². The Hall–Kier alpha value is -3.21. The molecular formula is C26H28N2O6S2. The number of anilines is 1. The van der Waals surface area contributed by atoms with Crippen LogP contribution in [0.5, 0.6) is 5.75 Å². The lowest BCUT2D eigenvalue weighted by molar-refractivity contribution is -0.130. The minimum absolute atomic E-state index is 0.00508. The number of benzene rings is 2. The first kappa shape index (κ1) is 25.9. The van der Waals surface area contributed by atoms with Crippen molar-refractivity contribution in [3.05, 3.63) is 71.1 Å². The molecule has 1 atom stereocenters. The van der Waals surface area contributed by atoms with Crippen LogP contribution in [0.2, 0.25) is 0 Å². The topological polar surface area (TPSA) is 122 Å². The molecule has 2 heterocycles. The Bertz CT molecular complexity index is 1350. The zero-order chi connectivity index (χ0) is 25.8. The van der Waals surface area contributed by atoms with Gasteiger partial charge in [-0.25, -0.2) is 13.9 Å². The molecule has 0 spiro atoms. The molecule has 0 saturated carbocycles. The second-order valence-corrected chi connectivity index (χ2v) is 12.4. The molecule has 0 bridgehead atoms. The maximum atomic E-state index is 13.1. The van der Waals surface area contributed by atoms with E-state index in [1.54, 1.807) is 35.8 Å². The molecule has 3 N–H and O–H groups in total. The van der Waals surface area contributed by atoms with Crippen LogP contribution in [0.4, 0.5) is 5.69 Å². The summed E-state index contributed by atoms with van der Waals surface area (Å²) in [5.74, 6) is -0.419. The SMILES string of the molecule is Cc1ccc(OCC(=O)Nc2cccc(-c3ccc([C@@]4(CC(=O)NO)CCCCS4(=O)=O)s3)c2)cc1. The van der Waals surface area contributed by atoms with E-state index in [-0.39, 0.29) is 24.7 Å². The molecule has 8 nitrogen and oxygen atoms in total. The third-order valence-corrected chi connectivity index (χ3v) is 10.3. The van der Waals surface area contributed by atoms with Gasteiger partial charge in [0.1, 0.15) is 10.5 Å². The first-order chi connectivity index (χ1) is 17.2. The normalized spacial score (nSPS) is 18.8. The third kappa shape index (κ3) is 5.61. The number of amides is 2. The van der Waals surface area contributed by atoms with Crippen LogP contribution in [0, 0.1) is 6.92 Å². The van der Waals surface area contributed by atoms with Crippen molar-refractivity contribution in [1.29, 1.82) is 0 Å². The fraction of sp³-hybridized carbons (Fsp3) is 0.308. The van der Waals surface area contributed by atoms with Gasteiger partial charge in [-0.2, -0.15) is 0 Å². The van der Waals surface area contributed by atoms with Crippen LogP contribution in [0.3, 0.4) is 0 Å². The number of rotatable bonds is 8. The van der Waals surface area contributed by atoms with Crippen LogP contribution >= 0.6 is 11.3 Å². The van der Waals surface area contributed by atoms with Gasteiger partial charge in [0.15, 0.2) is 16.4 Å². The van der Waals surface area contributed by atoms with Crippen LogP contribution in [0.15, 0.2) is 60.7 Å². The first-order valence-corrected chi connectivity index (χ1v) is 14.0. The predicted octanol–water partition coefficient (Wildman–Crippen LogP) is 4.43. The Morgan fingerprint density at radius 3 is 2.56 bits per heavy atom. The number of carbonyl (C=O) groups excluding carboxylic acids is 2. The molecule has 0 aliphatic carbocycles. The van der Waals surface area contributed by atoms with Gasteiger partial charge in [0.2, 0.25) is 5.91 Å². The van der Waals surface area contributed by atoms with Gasteiger partial charge in [0.05, 0.1) is 12.2 Å². The summed E-state index contributed by atoms with van der Waals surface area (Å²) in [5.41, 5.74) is 4.07. The smallest absolute Gasteiger partial charge is 0.262 e. The summed E-state index contributed by atoms with van der Waals surface area (Å²) in [4.78, 5) is 25.8. The lowest BCUT2D eigenvalue weighted by atomic mass is 9.94. The average Bonchev–Trinajstić information content (AvgIpc) is 3.36. The molecule has 1 aliphatic rings. The summed E-state index contributed by atoms with van der Waals surface area (Å²) in [6.45, 7) is 1.84. The highest BCUT2D eigenvalue weighted by Crippen LogP contribution is 2.47. The molecule has 0 unspecified atom stereocenters. The third-order valence-electron chi connectivity index (χ3n) is 6.29. The Morgan fingerprint density at radius 1 is 1.06 bits per heavy atom. The quantitative estimate of drug-likeness (QED) is 0.294. The fourth-order valence-corrected chi connectivity index (χ4v) is 8.16. The van der Waals surface area contributed by atoms with Crippen LogP contribution in [0.1, 0.15) is 36.1 Å². The van der Waals surface area contributed by atoms with Gasteiger partial charge in [-0.3, -0.25) is 14.8 Å². The molecule has 0 radical (unpaired) electrons. The molecule has 36 heavy (non-hydrogen) atoms. The molecule has 1 aliphatic heterocycles. The van der Waals surface area contributed by atoms with E-state index in [0.717, 1.165) is 16.0 Å². The van der Waals surface area contributed by atoms with E-state index >= 15 is 0 Å². The van der Waals surface area contributed by atoms with Crippen molar-refractivity contribution >= 4 is 38.7 Å². The summed E-state index contributed by atoms with van der Waals surface area (Å²) in [6.07, 6.45) is 1.22. The van der Waals surface area contributed by atoms with Crippen molar-refractivity contribution in [3.63, 3.8) is 0 Å². The number of hydrogen-bond acceptors (Lipinski definition) is 7. The summed E-state index contributed by atoms with van der Waals surface area (Å²) in [7, 11) is -3.60. The monoisotopic (exact) mass is 528 g/mol. The zero-order valence-electron chi connectivity index (χ0n) is 19.8. The molecule has 4 rings (SSSR count). The molecule has 1 fully saturated rings. The second-order valence-electron chi connectivity index (χ2n) is 8.88. The minimum atomic E-state index is -3.60. The zero-order valence-corrected chi connectivity index (χ0v) is 21.5. The van der Waals surface area contributed by atoms with Crippen molar-refractivity contribution in [3.8, 4) is 16.2 Å². The molecule has 1 saturated heterocycles. The number of hydroxylamine groups is 1. The minimum Gasteiger partial charge on any atom is -0.484 e. The predicted molar refractivity (Wildman–Crippen MR) is 139 cm³/mol. The number of nitrogens with one attached hydrogen (secondary N) is 2. The van der Waals surface area contributed by atoms with Crippen molar-refractivity contribution < 1.29 is 28.0 Å². The summed E-state index contributed by atoms with van der Waals surface area (Å²) < 4.78 is 30.5. The number of carbonyl (C=O) groups is 2. The molecule has 1 aromatic heterocycles. The Morgan fingerprint density at radius 2 is 1.83 bits per heavy atom. The van der Waals surface area contributed by atoms with E-state index in [9.17, 15) is 18.0 Å². The Kier molecular flexibility index (Phi) is 7.77. The standard InChI is InChI=1S/C26H28N2O6S2/c1-18-7-9-21(10-8-18)34-17-25(30)27-20-6-4-5-19(15-20)22-11-12-23(35-22)26(16-24(29)28-31)13-2-3-14-36(26,32)33/h4-12,15,31H,2-3,13-14,16-17H2,1H3,(H,27,30)(H,28,29)/t26-/m0/s1. The van der Waals surface area contributed by atoms with Crippen LogP contribution in [0.25, 0.3) is 10.4 Å². The maximum Gasteiger partial charge on any atom is 0.262 e. The van der Waals surface area contributed by atoms with Crippen LogP contribution in [-0.2, 0) is 24.2 Å². The molecule has 2 aromatic carbocycles. The highest BCUT2D eigenvalue weighted by Gasteiger charge is 2.49. The van der Waals surface area contributed by atoms with Gasteiger partial charge in [-0.15, -0.1) is 11.3 Å². The van der Waals surface area contributed by atoms with Gasteiger partial charge < -0.3 is 10.1 Å². The molecule has 2 amide bonds. The second kappa shape index (κ2) is 10.8. The highest BCUT2D eigenvalue weighted by atomic mass is 32.2. The van der Waals surface area contributed by atoms with Gasteiger partial charge in [-0.1, -0.05) is 36.2 Å². The van der Waals surface area contributed by atoms with Crippen LogP contribution < -0.4 is 15.5 Å². The number of aryl methyl sites for hydroxylation is 1. The van der Waals surface area contributed by atoms with E-state index in [1.807, 2.05) is 37.3 Å². The van der Waals surface area contributed by atoms with E-state index in [0.29, 0.717) is 35.6 Å². The maximum absolute atomic E-state index is 13.1. The number of sulfone groups is 1. The Labute approximate surface area is 214 Å². The van der Waals surface area contributed by atoms with Gasteiger partial charge in [0, 0.05) is 15.4 Å². The van der Waals surface area contributed by atoms with E-state index in [2.05, 4.69) is 5.32 Å². The molecular weight excluding hydrogens is 500 g/mol. The fourth-order valence-electron chi connectivity index (χ4n) is 4.38. The van der Waals surface area contributed by atoms with E-state index in [4.69, 9.17) is 9.94 Å². The molecule has 10 heteroatoms. The van der Waals surface area contributed by atoms with Gasteiger partial charge in [0.25, 0.3) is 5.91 Å². The van der Waals surface area contributed by atoms with Crippen molar-refractivity contribution in [2.24, 2.45) is 0 Å². The van der Waals surface area contributed by atoms with E-state index < -0.39 is 20.5 Å². The summed E-state index contributed by atoms with van der Waals surface area (Å²) in [6, 6.07) is 18.2. The molecule has 3 aromatic rings.